The standard InChI is InChI=1S/C21H23N3O3/c22-19-10-6-14-12-16(7-9-18(14)19)23-13-17(8-11-20(25)26)24(21(23)27)15-4-2-1-3-5-15/h1-5,7,9,12,17,19H,6,8,10-11,13,22H2,(H,25,26). The molecule has 2 amide bonds. The third-order valence-corrected chi connectivity index (χ3v) is 5.48. The zero-order valence-corrected chi connectivity index (χ0v) is 15.0. The van der Waals surface area contributed by atoms with Crippen LogP contribution >= 0.6 is 0 Å². The first-order valence-electron chi connectivity index (χ1n) is 9.30. The first kappa shape index (κ1) is 17.5. The van der Waals surface area contributed by atoms with E-state index in [0.717, 1.165) is 29.8 Å². The number of nitrogens with two attached hydrogens (primary N) is 1. The number of rotatable bonds is 5. The largest absolute Gasteiger partial charge is 0.481 e. The van der Waals surface area contributed by atoms with Gasteiger partial charge in [-0.3, -0.25) is 14.6 Å². The summed E-state index contributed by atoms with van der Waals surface area (Å²) in [6.07, 6.45) is 2.32. The first-order valence-corrected chi connectivity index (χ1v) is 9.30. The van der Waals surface area contributed by atoms with Gasteiger partial charge < -0.3 is 10.8 Å². The number of carboxylic acid groups (broad SMARTS) is 1. The number of carboxylic acids is 1. The SMILES string of the molecule is NC1CCc2cc(N3CC(CCC(=O)O)N(c4ccccc4)C3=O)ccc21. The van der Waals surface area contributed by atoms with Crippen molar-refractivity contribution in [3.8, 4) is 0 Å². The van der Waals surface area contributed by atoms with Crippen LogP contribution < -0.4 is 15.5 Å². The number of hydrogen-bond donors (Lipinski definition) is 2. The van der Waals surface area contributed by atoms with E-state index < -0.39 is 5.97 Å². The average Bonchev–Trinajstić information content (AvgIpc) is 3.20. The van der Waals surface area contributed by atoms with E-state index in [1.165, 1.54) is 5.56 Å². The second-order valence-corrected chi connectivity index (χ2v) is 7.21. The Balaban J connectivity index is 1.64. The molecular formula is C21H23N3O3. The summed E-state index contributed by atoms with van der Waals surface area (Å²) in [6.45, 7) is 0.478. The minimum absolute atomic E-state index is 0.0359. The molecule has 1 fully saturated rings. The van der Waals surface area contributed by atoms with Crippen molar-refractivity contribution in [2.45, 2.75) is 37.8 Å². The van der Waals surface area contributed by atoms with Gasteiger partial charge in [-0.15, -0.1) is 0 Å². The van der Waals surface area contributed by atoms with Gasteiger partial charge >= 0.3 is 12.0 Å². The van der Waals surface area contributed by atoms with E-state index in [1.807, 2.05) is 42.5 Å². The molecular weight excluding hydrogens is 342 g/mol. The smallest absolute Gasteiger partial charge is 0.329 e. The molecule has 6 nitrogen and oxygen atoms in total. The van der Waals surface area contributed by atoms with Crippen LogP contribution in [0.2, 0.25) is 0 Å². The molecule has 0 radical (unpaired) electrons. The Morgan fingerprint density at radius 3 is 2.67 bits per heavy atom. The molecule has 2 aromatic carbocycles. The van der Waals surface area contributed by atoms with Crippen LogP contribution in [0.25, 0.3) is 0 Å². The van der Waals surface area contributed by atoms with Crippen molar-refractivity contribution >= 4 is 23.4 Å². The number of aliphatic carboxylic acids is 1. The second kappa shape index (κ2) is 7.04. The van der Waals surface area contributed by atoms with Gasteiger partial charge in [0, 0.05) is 30.4 Å². The van der Waals surface area contributed by atoms with Crippen LogP contribution in [0.1, 0.15) is 36.4 Å². The lowest BCUT2D eigenvalue weighted by Crippen LogP contribution is -2.35. The molecule has 0 aromatic heterocycles. The molecule has 2 atom stereocenters. The average molecular weight is 365 g/mol. The van der Waals surface area contributed by atoms with Crippen LogP contribution in [0.5, 0.6) is 0 Å². The monoisotopic (exact) mass is 365 g/mol. The van der Waals surface area contributed by atoms with Crippen molar-refractivity contribution in [3.63, 3.8) is 0 Å². The third-order valence-electron chi connectivity index (χ3n) is 5.48. The Kier molecular flexibility index (Phi) is 4.58. The fourth-order valence-electron chi connectivity index (χ4n) is 4.10. The molecule has 4 rings (SSSR count). The van der Waals surface area contributed by atoms with Crippen molar-refractivity contribution in [1.29, 1.82) is 0 Å². The Bertz CT molecular complexity index is 868. The van der Waals surface area contributed by atoms with Crippen LogP contribution in [-0.4, -0.2) is 29.7 Å². The quantitative estimate of drug-likeness (QED) is 0.851. The zero-order chi connectivity index (χ0) is 19.0. The van der Waals surface area contributed by atoms with Gasteiger partial charge in [0.1, 0.15) is 0 Å². The molecule has 2 aromatic rings. The summed E-state index contributed by atoms with van der Waals surface area (Å²) in [5, 5.41) is 9.08. The van der Waals surface area contributed by atoms with E-state index in [0.29, 0.717) is 13.0 Å². The van der Waals surface area contributed by atoms with Crippen LogP contribution in [0, 0.1) is 0 Å². The number of carbonyl (C=O) groups excluding carboxylic acids is 1. The van der Waals surface area contributed by atoms with Crippen LogP contribution in [0.15, 0.2) is 48.5 Å². The van der Waals surface area contributed by atoms with Crippen LogP contribution in [0.3, 0.4) is 0 Å². The molecule has 0 spiro atoms. The molecule has 1 saturated heterocycles. The molecule has 27 heavy (non-hydrogen) atoms. The lowest BCUT2D eigenvalue weighted by molar-refractivity contribution is -0.137. The topological polar surface area (TPSA) is 86.9 Å². The highest BCUT2D eigenvalue weighted by Crippen LogP contribution is 2.35. The van der Waals surface area contributed by atoms with Crippen molar-refractivity contribution < 1.29 is 14.7 Å². The maximum Gasteiger partial charge on any atom is 0.329 e. The van der Waals surface area contributed by atoms with Gasteiger partial charge in [-0.1, -0.05) is 24.3 Å². The maximum absolute atomic E-state index is 13.2. The number of urea groups is 1. The second-order valence-electron chi connectivity index (χ2n) is 7.21. The number of aryl methyl sites for hydroxylation is 1. The Labute approximate surface area is 158 Å². The number of nitrogens with zero attached hydrogens (tertiary/aromatic N) is 2. The Morgan fingerprint density at radius 2 is 1.93 bits per heavy atom. The summed E-state index contributed by atoms with van der Waals surface area (Å²) < 4.78 is 0. The van der Waals surface area contributed by atoms with Crippen molar-refractivity contribution in [2.24, 2.45) is 5.73 Å². The van der Waals surface area contributed by atoms with Crippen molar-refractivity contribution in [1.82, 2.24) is 0 Å². The number of fused-ring (bicyclic) bond motifs is 1. The normalized spacial score (nSPS) is 21.6. The van der Waals surface area contributed by atoms with Crippen LogP contribution in [0.4, 0.5) is 16.2 Å². The summed E-state index contributed by atoms with van der Waals surface area (Å²) >= 11 is 0. The predicted molar refractivity (Wildman–Crippen MR) is 104 cm³/mol. The fourth-order valence-corrected chi connectivity index (χ4v) is 4.10. The minimum atomic E-state index is -0.847. The molecule has 3 N–H and O–H groups in total. The van der Waals surface area contributed by atoms with Crippen molar-refractivity contribution in [3.05, 3.63) is 59.7 Å². The van der Waals surface area contributed by atoms with Gasteiger partial charge in [0.25, 0.3) is 0 Å². The number of para-hydroxylation sites is 1. The predicted octanol–water partition coefficient (Wildman–Crippen LogP) is 3.31. The van der Waals surface area contributed by atoms with Crippen LogP contribution in [-0.2, 0) is 11.2 Å². The Hall–Kier alpha value is -2.86. The maximum atomic E-state index is 13.2. The van der Waals surface area contributed by atoms with Gasteiger partial charge in [0.15, 0.2) is 0 Å². The Morgan fingerprint density at radius 1 is 1.15 bits per heavy atom. The van der Waals surface area contributed by atoms with E-state index >= 15 is 0 Å². The summed E-state index contributed by atoms with van der Waals surface area (Å²) in [5.74, 6) is -0.847. The molecule has 140 valence electrons. The summed E-state index contributed by atoms with van der Waals surface area (Å²) in [7, 11) is 0. The number of carbonyl (C=O) groups is 2. The summed E-state index contributed by atoms with van der Waals surface area (Å²) in [6, 6.07) is 15.3. The van der Waals surface area contributed by atoms with E-state index in [1.54, 1.807) is 9.80 Å². The third kappa shape index (κ3) is 3.28. The van der Waals surface area contributed by atoms with Crippen molar-refractivity contribution in [2.75, 3.05) is 16.3 Å². The van der Waals surface area contributed by atoms with Gasteiger partial charge in [-0.05, 0) is 54.7 Å². The summed E-state index contributed by atoms with van der Waals surface area (Å²) in [4.78, 5) is 27.7. The van der Waals surface area contributed by atoms with E-state index in [4.69, 9.17) is 10.8 Å². The van der Waals surface area contributed by atoms with E-state index in [9.17, 15) is 9.59 Å². The van der Waals surface area contributed by atoms with E-state index in [2.05, 4.69) is 6.07 Å². The van der Waals surface area contributed by atoms with Gasteiger partial charge in [0.2, 0.25) is 0 Å². The molecule has 6 heteroatoms. The van der Waals surface area contributed by atoms with Gasteiger partial charge in [-0.25, -0.2) is 4.79 Å². The molecule has 1 aliphatic heterocycles. The molecule has 0 bridgehead atoms. The number of amides is 2. The molecule has 1 heterocycles. The number of benzene rings is 2. The highest BCUT2D eigenvalue weighted by molar-refractivity contribution is 6.07. The zero-order valence-electron chi connectivity index (χ0n) is 15.0. The fraction of sp³-hybridized carbons (Fsp3) is 0.333. The lowest BCUT2D eigenvalue weighted by Gasteiger charge is -2.23. The molecule has 2 unspecified atom stereocenters. The van der Waals surface area contributed by atoms with Gasteiger partial charge in [0.05, 0.1) is 6.04 Å². The summed E-state index contributed by atoms with van der Waals surface area (Å²) in [5.41, 5.74) is 10.1. The highest BCUT2D eigenvalue weighted by atomic mass is 16.4. The number of anilines is 2. The molecule has 1 aliphatic carbocycles. The minimum Gasteiger partial charge on any atom is -0.481 e. The first-order chi connectivity index (χ1) is 13.0. The molecule has 2 aliphatic rings. The van der Waals surface area contributed by atoms with E-state index in [-0.39, 0.29) is 24.5 Å². The number of hydrogen-bond acceptors (Lipinski definition) is 3. The lowest BCUT2D eigenvalue weighted by atomic mass is 10.1. The highest BCUT2D eigenvalue weighted by Gasteiger charge is 2.39. The molecule has 0 saturated carbocycles. The van der Waals surface area contributed by atoms with Gasteiger partial charge in [-0.2, -0.15) is 0 Å².